The van der Waals surface area contributed by atoms with E-state index in [9.17, 15) is 4.79 Å². The third kappa shape index (κ3) is 2.36. The molecule has 1 heterocycles. The summed E-state index contributed by atoms with van der Waals surface area (Å²) in [6.07, 6.45) is 1.42. The van der Waals surface area contributed by atoms with Crippen molar-refractivity contribution in [2.45, 2.75) is 13.8 Å². The predicted octanol–water partition coefficient (Wildman–Crippen LogP) is 3.38. The molecule has 0 radical (unpaired) electrons. The molecule has 0 unspecified atom stereocenters. The molecule has 0 N–H and O–H groups in total. The lowest BCUT2D eigenvalue weighted by Crippen LogP contribution is -2.06. The lowest BCUT2D eigenvalue weighted by molar-refractivity contribution is 0.0526. The predicted molar refractivity (Wildman–Crippen MR) is 74.0 cm³/mol. The molecule has 1 aromatic heterocycles. The molecule has 0 fully saturated rings. The Labute approximate surface area is 116 Å². The topological polar surface area (TPSA) is 48.4 Å². The zero-order chi connectivity index (χ0) is 14.0. The molecule has 2 rings (SSSR count). The molecule has 19 heavy (non-hydrogen) atoms. The van der Waals surface area contributed by atoms with E-state index in [0.717, 1.165) is 5.56 Å². The zero-order valence-electron chi connectivity index (χ0n) is 11.0. The van der Waals surface area contributed by atoms with Crippen molar-refractivity contribution in [2.24, 2.45) is 0 Å². The van der Waals surface area contributed by atoms with E-state index in [1.54, 1.807) is 14.0 Å². The first kappa shape index (κ1) is 13.6. The first-order valence-electron chi connectivity index (χ1n) is 5.89. The molecule has 0 saturated heterocycles. The van der Waals surface area contributed by atoms with Crippen LogP contribution in [-0.2, 0) is 4.74 Å². The van der Waals surface area contributed by atoms with Crippen LogP contribution < -0.4 is 4.74 Å². The number of halogens is 1. The molecule has 0 aliphatic rings. The number of carbonyl (C=O) groups excluding carboxylic acids is 1. The van der Waals surface area contributed by atoms with Gasteiger partial charge in [0.25, 0.3) is 0 Å². The number of hydrogen-bond donors (Lipinski definition) is 0. The average molecular weight is 280 g/mol. The highest BCUT2D eigenvalue weighted by Crippen LogP contribution is 2.33. The fourth-order valence-electron chi connectivity index (χ4n) is 1.91. The molecular formula is C14H14ClNO3. The van der Waals surface area contributed by atoms with Crippen molar-refractivity contribution in [2.75, 3.05) is 13.7 Å². The standard InChI is InChI=1S/C14H14ClNO3/c1-4-19-14(17)9-7-16-13-10(18-3)6-5-8(2)11(13)12(9)15/h5-7H,4H2,1-3H3. The fraction of sp³-hybridized carbons (Fsp3) is 0.286. The van der Waals surface area contributed by atoms with Gasteiger partial charge in [0.1, 0.15) is 11.3 Å². The molecule has 4 nitrogen and oxygen atoms in total. The summed E-state index contributed by atoms with van der Waals surface area (Å²) in [6, 6.07) is 3.70. The number of hydrogen-bond acceptors (Lipinski definition) is 4. The molecule has 5 heteroatoms. The van der Waals surface area contributed by atoms with Crippen molar-refractivity contribution in [1.82, 2.24) is 4.98 Å². The Morgan fingerprint density at radius 3 is 2.79 bits per heavy atom. The normalized spacial score (nSPS) is 10.5. The smallest absolute Gasteiger partial charge is 0.341 e. The number of esters is 1. The lowest BCUT2D eigenvalue weighted by atomic mass is 10.1. The largest absolute Gasteiger partial charge is 0.494 e. The van der Waals surface area contributed by atoms with E-state index in [2.05, 4.69) is 4.98 Å². The van der Waals surface area contributed by atoms with Crippen LogP contribution in [0.15, 0.2) is 18.3 Å². The van der Waals surface area contributed by atoms with Gasteiger partial charge in [-0.2, -0.15) is 0 Å². The summed E-state index contributed by atoms with van der Waals surface area (Å²) in [5, 5.41) is 1.06. The number of rotatable bonds is 3. The fourth-order valence-corrected chi connectivity index (χ4v) is 2.28. The van der Waals surface area contributed by atoms with Crippen molar-refractivity contribution in [3.63, 3.8) is 0 Å². The van der Waals surface area contributed by atoms with Gasteiger partial charge in [0.15, 0.2) is 0 Å². The molecule has 1 aromatic carbocycles. The number of nitrogens with zero attached hydrogens (tertiary/aromatic N) is 1. The molecule has 0 aliphatic carbocycles. The molecule has 2 aromatic rings. The van der Waals surface area contributed by atoms with Crippen LogP contribution in [0.5, 0.6) is 5.75 Å². The summed E-state index contributed by atoms with van der Waals surface area (Å²) in [5.41, 5.74) is 1.84. The Morgan fingerprint density at radius 1 is 1.42 bits per heavy atom. The highest BCUT2D eigenvalue weighted by molar-refractivity contribution is 6.38. The van der Waals surface area contributed by atoms with E-state index in [1.807, 2.05) is 19.1 Å². The number of carbonyl (C=O) groups is 1. The van der Waals surface area contributed by atoms with Gasteiger partial charge in [0.05, 0.1) is 24.3 Å². The highest BCUT2D eigenvalue weighted by Gasteiger charge is 2.18. The Kier molecular flexibility index (Phi) is 3.90. The van der Waals surface area contributed by atoms with Gasteiger partial charge in [0, 0.05) is 11.6 Å². The number of benzene rings is 1. The maximum atomic E-state index is 11.8. The van der Waals surface area contributed by atoms with Gasteiger partial charge in [-0.15, -0.1) is 0 Å². The maximum Gasteiger partial charge on any atom is 0.341 e. The highest BCUT2D eigenvalue weighted by atomic mass is 35.5. The second-order valence-electron chi connectivity index (χ2n) is 4.01. The van der Waals surface area contributed by atoms with Crippen LogP contribution in [0.4, 0.5) is 0 Å². The monoisotopic (exact) mass is 279 g/mol. The molecule has 0 atom stereocenters. The summed E-state index contributed by atoms with van der Waals surface area (Å²) in [7, 11) is 1.57. The van der Waals surface area contributed by atoms with Crippen molar-refractivity contribution in [3.8, 4) is 5.75 Å². The summed E-state index contributed by atoms with van der Waals surface area (Å²) >= 11 is 6.31. The summed E-state index contributed by atoms with van der Waals surface area (Å²) < 4.78 is 10.2. The number of fused-ring (bicyclic) bond motifs is 1. The van der Waals surface area contributed by atoms with E-state index in [4.69, 9.17) is 21.1 Å². The Hall–Kier alpha value is -1.81. The van der Waals surface area contributed by atoms with E-state index in [-0.39, 0.29) is 5.56 Å². The molecular weight excluding hydrogens is 266 g/mol. The van der Waals surface area contributed by atoms with Crippen LogP contribution in [0.1, 0.15) is 22.8 Å². The van der Waals surface area contributed by atoms with Crippen LogP contribution in [0, 0.1) is 6.92 Å². The van der Waals surface area contributed by atoms with Gasteiger partial charge >= 0.3 is 5.97 Å². The first-order chi connectivity index (χ1) is 9.10. The third-order valence-electron chi connectivity index (χ3n) is 2.84. The number of ether oxygens (including phenoxy) is 2. The van der Waals surface area contributed by atoms with Crippen LogP contribution in [0.2, 0.25) is 5.02 Å². The maximum absolute atomic E-state index is 11.8. The molecule has 0 spiro atoms. The van der Waals surface area contributed by atoms with Gasteiger partial charge in [-0.05, 0) is 25.5 Å². The van der Waals surface area contributed by atoms with Crippen LogP contribution in [-0.4, -0.2) is 24.7 Å². The van der Waals surface area contributed by atoms with E-state index in [0.29, 0.717) is 28.3 Å². The van der Waals surface area contributed by atoms with Crippen molar-refractivity contribution < 1.29 is 14.3 Å². The third-order valence-corrected chi connectivity index (χ3v) is 3.24. The lowest BCUT2D eigenvalue weighted by Gasteiger charge is -2.11. The minimum absolute atomic E-state index is 0.271. The number of pyridine rings is 1. The number of aryl methyl sites for hydroxylation is 1. The second kappa shape index (κ2) is 5.45. The Bertz CT molecular complexity index is 640. The summed E-state index contributed by atoms with van der Waals surface area (Å²) in [5.74, 6) is 0.155. The van der Waals surface area contributed by atoms with Gasteiger partial charge in [-0.3, -0.25) is 4.98 Å². The second-order valence-corrected chi connectivity index (χ2v) is 4.39. The molecule has 0 amide bonds. The van der Waals surface area contributed by atoms with Crippen LogP contribution >= 0.6 is 11.6 Å². The van der Waals surface area contributed by atoms with Gasteiger partial charge in [-0.25, -0.2) is 4.79 Å². The van der Waals surface area contributed by atoms with Gasteiger partial charge < -0.3 is 9.47 Å². The zero-order valence-corrected chi connectivity index (χ0v) is 11.7. The average Bonchev–Trinajstić information content (AvgIpc) is 2.39. The SMILES string of the molecule is CCOC(=O)c1cnc2c(OC)ccc(C)c2c1Cl. The number of methoxy groups -OCH3 is 1. The molecule has 100 valence electrons. The van der Waals surface area contributed by atoms with Gasteiger partial charge in [-0.1, -0.05) is 17.7 Å². The van der Waals surface area contributed by atoms with Crippen molar-refractivity contribution in [3.05, 3.63) is 34.5 Å². The molecule has 0 bridgehead atoms. The minimum atomic E-state index is -0.468. The van der Waals surface area contributed by atoms with Crippen LogP contribution in [0.3, 0.4) is 0 Å². The van der Waals surface area contributed by atoms with E-state index >= 15 is 0 Å². The number of aromatic nitrogens is 1. The Morgan fingerprint density at radius 2 is 2.16 bits per heavy atom. The van der Waals surface area contributed by atoms with Crippen molar-refractivity contribution >= 4 is 28.5 Å². The van der Waals surface area contributed by atoms with Crippen molar-refractivity contribution in [1.29, 1.82) is 0 Å². The quantitative estimate of drug-likeness (QED) is 0.808. The minimum Gasteiger partial charge on any atom is -0.494 e. The molecule has 0 saturated carbocycles. The van der Waals surface area contributed by atoms with E-state index < -0.39 is 5.97 Å². The molecule has 0 aliphatic heterocycles. The Balaban J connectivity index is 2.71. The van der Waals surface area contributed by atoms with Gasteiger partial charge in [0.2, 0.25) is 0 Å². The van der Waals surface area contributed by atoms with E-state index in [1.165, 1.54) is 6.20 Å². The van der Waals surface area contributed by atoms with Crippen LogP contribution in [0.25, 0.3) is 10.9 Å². The summed E-state index contributed by atoms with van der Waals surface area (Å²) in [6.45, 7) is 3.95. The first-order valence-corrected chi connectivity index (χ1v) is 6.26. The summed E-state index contributed by atoms with van der Waals surface area (Å²) in [4.78, 5) is 16.1.